The summed E-state index contributed by atoms with van der Waals surface area (Å²) in [5.41, 5.74) is 1.86. The highest BCUT2D eigenvalue weighted by Crippen LogP contribution is 2.33. The van der Waals surface area contributed by atoms with Crippen LogP contribution in [0.2, 0.25) is 5.02 Å². The third-order valence-electron chi connectivity index (χ3n) is 3.95. The van der Waals surface area contributed by atoms with E-state index in [-0.39, 0.29) is 24.3 Å². The molecule has 3 rings (SSSR count). The van der Waals surface area contributed by atoms with Crippen LogP contribution in [0.4, 0.5) is 4.79 Å². The molecular weight excluding hydrogens is 386 g/mol. The van der Waals surface area contributed by atoms with E-state index < -0.39 is 0 Å². The van der Waals surface area contributed by atoms with Crippen molar-refractivity contribution in [2.75, 3.05) is 20.3 Å². The van der Waals surface area contributed by atoms with Crippen molar-refractivity contribution in [1.29, 1.82) is 0 Å². The maximum atomic E-state index is 12.5. The molecule has 0 saturated carbocycles. The molecule has 0 radical (unpaired) electrons. The van der Waals surface area contributed by atoms with Gasteiger partial charge in [-0.25, -0.2) is 0 Å². The standard InChI is InChI=1S/C20H18ClNO4S/c1-13-3-6-15(7-4-13)26-10-9-22-19(23)18(27-20(22)24)12-14-5-8-17(25-2)16(21)11-14/h3-8,11-12H,9-10H2,1-2H3/b18-12-. The van der Waals surface area contributed by atoms with Gasteiger partial charge in [-0.05, 0) is 54.6 Å². The van der Waals surface area contributed by atoms with Gasteiger partial charge in [0.2, 0.25) is 0 Å². The number of carbonyl (C=O) groups is 2. The minimum Gasteiger partial charge on any atom is -0.495 e. The van der Waals surface area contributed by atoms with Gasteiger partial charge >= 0.3 is 0 Å². The number of hydrogen-bond donors (Lipinski definition) is 0. The summed E-state index contributed by atoms with van der Waals surface area (Å²) in [5.74, 6) is 0.926. The average molecular weight is 404 g/mol. The number of hydrogen-bond acceptors (Lipinski definition) is 5. The largest absolute Gasteiger partial charge is 0.495 e. The lowest BCUT2D eigenvalue weighted by atomic mass is 10.2. The molecule has 2 aromatic rings. The van der Waals surface area contributed by atoms with Crippen LogP contribution in [0.5, 0.6) is 11.5 Å². The van der Waals surface area contributed by atoms with Gasteiger partial charge in [-0.2, -0.15) is 0 Å². The first-order chi connectivity index (χ1) is 13.0. The van der Waals surface area contributed by atoms with E-state index in [1.807, 2.05) is 31.2 Å². The number of ether oxygens (including phenoxy) is 2. The molecule has 0 aromatic heterocycles. The number of aryl methyl sites for hydroxylation is 1. The summed E-state index contributed by atoms with van der Waals surface area (Å²) in [4.78, 5) is 26.2. The molecule has 1 heterocycles. The second-order valence-corrected chi connectivity index (χ2v) is 7.29. The van der Waals surface area contributed by atoms with E-state index in [1.54, 1.807) is 24.3 Å². The molecule has 1 aliphatic rings. The molecule has 1 saturated heterocycles. The van der Waals surface area contributed by atoms with Crippen LogP contribution in [0.3, 0.4) is 0 Å². The van der Waals surface area contributed by atoms with E-state index in [9.17, 15) is 9.59 Å². The number of methoxy groups -OCH3 is 1. The van der Waals surface area contributed by atoms with Gasteiger partial charge in [0, 0.05) is 0 Å². The number of halogens is 1. The molecule has 1 aliphatic heterocycles. The molecule has 27 heavy (non-hydrogen) atoms. The van der Waals surface area contributed by atoms with E-state index in [4.69, 9.17) is 21.1 Å². The molecule has 2 amide bonds. The number of imide groups is 1. The Kier molecular flexibility index (Phi) is 6.08. The van der Waals surface area contributed by atoms with E-state index >= 15 is 0 Å². The van der Waals surface area contributed by atoms with Crippen molar-refractivity contribution in [2.45, 2.75) is 6.92 Å². The number of thioether (sulfide) groups is 1. The van der Waals surface area contributed by atoms with Crippen molar-refractivity contribution in [3.05, 3.63) is 63.5 Å². The molecule has 7 heteroatoms. The molecular formula is C20H18ClNO4S. The summed E-state index contributed by atoms with van der Waals surface area (Å²) in [7, 11) is 1.53. The summed E-state index contributed by atoms with van der Waals surface area (Å²) < 4.78 is 10.7. The summed E-state index contributed by atoms with van der Waals surface area (Å²) in [6.45, 7) is 2.43. The van der Waals surface area contributed by atoms with Gasteiger partial charge in [0.1, 0.15) is 18.1 Å². The van der Waals surface area contributed by atoms with Crippen molar-refractivity contribution in [3.8, 4) is 11.5 Å². The molecule has 140 valence electrons. The second kappa shape index (κ2) is 8.50. The first-order valence-corrected chi connectivity index (χ1v) is 9.46. The summed E-state index contributed by atoms with van der Waals surface area (Å²) in [5, 5.41) is 0.135. The van der Waals surface area contributed by atoms with Crippen molar-refractivity contribution < 1.29 is 19.1 Å². The van der Waals surface area contributed by atoms with Crippen molar-refractivity contribution in [3.63, 3.8) is 0 Å². The predicted molar refractivity (Wildman–Crippen MR) is 107 cm³/mol. The van der Waals surface area contributed by atoms with Crippen LogP contribution in [-0.2, 0) is 4.79 Å². The lowest BCUT2D eigenvalue weighted by molar-refractivity contribution is -0.123. The van der Waals surface area contributed by atoms with Gasteiger partial charge in [0.05, 0.1) is 23.6 Å². The fraction of sp³-hybridized carbons (Fsp3) is 0.200. The van der Waals surface area contributed by atoms with Crippen LogP contribution in [0.25, 0.3) is 6.08 Å². The van der Waals surface area contributed by atoms with Gasteiger partial charge in [-0.15, -0.1) is 0 Å². The Morgan fingerprint density at radius 2 is 1.89 bits per heavy atom. The maximum absolute atomic E-state index is 12.5. The lowest BCUT2D eigenvalue weighted by Crippen LogP contribution is -2.32. The molecule has 0 aliphatic carbocycles. The summed E-state index contributed by atoms with van der Waals surface area (Å²) in [6, 6.07) is 12.8. The molecule has 0 atom stereocenters. The first kappa shape index (κ1) is 19.3. The van der Waals surface area contributed by atoms with Crippen molar-refractivity contribution in [1.82, 2.24) is 4.90 Å². The van der Waals surface area contributed by atoms with E-state index in [1.165, 1.54) is 12.0 Å². The first-order valence-electron chi connectivity index (χ1n) is 8.26. The summed E-state index contributed by atoms with van der Waals surface area (Å²) >= 11 is 7.01. The smallest absolute Gasteiger partial charge is 0.293 e. The van der Waals surface area contributed by atoms with E-state index in [0.717, 1.165) is 22.9 Å². The van der Waals surface area contributed by atoms with Crippen LogP contribution in [-0.4, -0.2) is 36.3 Å². The minimum atomic E-state index is -0.329. The highest BCUT2D eigenvalue weighted by atomic mass is 35.5. The fourth-order valence-electron chi connectivity index (χ4n) is 2.51. The van der Waals surface area contributed by atoms with Crippen LogP contribution < -0.4 is 9.47 Å². The number of carbonyl (C=O) groups excluding carboxylic acids is 2. The van der Waals surface area contributed by atoms with Crippen molar-refractivity contribution >= 4 is 40.6 Å². The van der Waals surface area contributed by atoms with Gasteiger partial charge < -0.3 is 9.47 Å². The molecule has 0 N–H and O–H groups in total. The van der Waals surface area contributed by atoms with E-state index in [0.29, 0.717) is 21.4 Å². The molecule has 0 bridgehead atoms. The fourth-order valence-corrected chi connectivity index (χ4v) is 3.64. The zero-order valence-corrected chi connectivity index (χ0v) is 16.5. The zero-order valence-electron chi connectivity index (χ0n) is 14.9. The number of rotatable bonds is 6. The highest BCUT2D eigenvalue weighted by Gasteiger charge is 2.34. The number of nitrogens with zero attached hydrogens (tertiary/aromatic N) is 1. The minimum absolute atomic E-state index is 0.194. The predicted octanol–water partition coefficient (Wildman–Crippen LogP) is 4.77. The van der Waals surface area contributed by atoms with Gasteiger partial charge in [-0.1, -0.05) is 35.4 Å². The normalized spacial score (nSPS) is 15.5. The number of amides is 2. The third kappa shape index (κ3) is 4.64. The van der Waals surface area contributed by atoms with Crippen LogP contribution in [0, 0.1) is 6.92 Å². The highest BCUT2D eigenvalue weighted by molar-refractivity contribution is 8.18. The maximum Gasteiger partial charge on any atom is 0.293 e. The Morgan fingerprint density at radius 1 is 1.15 bits per heavy atom. The van der Waals surface area contributed by atoms with Crippen LogP contribution in [0.15, 0.2) is 47.4 Å². The Labute approximate surface area is 166 Å². The average Bonchev–Trinajstić information content (AvgIpc) is 2.91. The molecule has 1 fully saturated rings. The van der Waals surface area contributed by atoms with Gasteiger partial charge in [-0.3, -0.25) is 14.5 Å². The van der Waals surface area contributed by atoms with Crippen LogP contribution >= 0.6 is 23.4 Å². The zero-order chi connectivity index (χ0) is 19.4. The monoisotopic (exact) mass is 403 g/mol. The lowest BCUT2D eigenvalue weighted by Gasteiger charge is -2.13. The van der Waals surface area contributed by atoms with E-state index in [2.05, 4.69) is 0 Å². The third-order valence-corrected chi connectivity index (χ3v) is 5.15. The Balaban J connectivity index is 1.64. The second-order valence-electron chi connectivity index (χ2n) is 5.89. The molecule has 0 spiro atoms. The van der Waals surface area contributed by atoms with Gasteiger partial charge in [0.15, 0.2) is 0 Å². The molecule has 5 nitrogen and oxygen atoms in total. The Morgan fingerprint density at radius 3 is 2.56 bits per heavy atom. The Bertz CT molecular complexity index is 895. The Hall–Kier alpha value is -2.44. The van der Waals surface area contributed by atoms with Crippen molar-refractivity contribution in [2.24, 2.45) is 0 Å². The topological polar surface area (TPSA) is 55.8 Å². The quantitative estimate of drug-likeness (QED) is 0.650. The summed E-state index contributed by atoms with van der Waals surface area (Å²) in [6.07, 6.45) is 1.65. The SMILES string of the molecule is COc1ccc(/C=C2\SC(=O)N(CCOc3ccc(C)cc3)C2=O)cc1Cl. The molecule has 0 unspecified atom stereocenters. The number of benzene rings is 2. The molecule has 2 aromatic carbocycles. The van der Waals surface area contributed by atoms with Crippen LogP contribution in [0.1, 0.15) is 11.1 Å². The van der Waals surface area contributed by atoms with Gasteiger partial charge in [0.25, 0.3) is 11.1 Å².